The van der Waals surface area contributed by atoms with Crippen LogP contribution < -0.4 is 5.32 Å². The third-order valence-electron chi connectivity index (χ3n) is 3.86. The molecule has 1 N–H and O–H groups in total. The Labute approximate surface area is 144 Å². The summed E-state index contributed by atoms with van der Waals surface area (Å²) < 4.78 is 0. The van der Waals surface area contributed by atoms with E-state index in [2.05, 4.69) is 27.3 Å². The molecule has 1 aromatic heterocycles. The highest BCUT2D eigenvalue weighted by molar-refractivity contribution is 7.13. The van der Waals surface area contributed by atoms with Crippen LogP contribution in [0.5, 0.6) is 0 Å². The van der Waals surface area contributed by atoms with Crippen molar-refractivity contribution < 1.29 is 4.79 Å². The molecule has 0 radical (unpaired) electrons. The topological polar surface area (TPSA) is 58.1 Å². The number of amides is 1. The first kappa shape index (κ1) is 16.4. The first-order chi connectivity index (χ1) is 11.1. The van der Waals surface area contributed by atoms with E-state index in [1.807, 2.05) is 0 Å². The molecule has 2 aromatic rings. The SMILES string of the molecule is CC1CCCN(Cc2nnc(C(=O)Nc3ccc(Cl)cc3)s2)C1. The fourth-order valence-corrected chi connectivity index (χ4v) is 3.65. The van der Waals surface area contributed by atoms with Gasteiger partial charge < -0.3 is 5.32 Å². The summed E-state index contributed by atoms with van der Waals surface area (Å²) in [5.74, 6) is 0.493. The van der Waals surface area contributed by atoms with Gasteiger partial charge in [0.2, 0.25) is 5.01 Å². The molecule has 0 aliphatic carbocycles. The van der Waals surface area contributed by atoms with Crippen LogP contribution in [0.25, 0.3) is 0 Å². The van der Waals surface area contributed by atoms with Crippen LogP contribution in [0, 0.1) is 5.92 Å². The van der Waals surface area contributed by atoms with Crippen LogP contribution in [-0.4, -0.2) is 34.1 Å². The maximum Gasteiger partial charge on any atom is 0.286 e. The predicted octanol–water partition coefficient (Wildman–Crippen LogP) is 3.68. The van der Waals surface area contributed by atoms with Gasteiger partial charge in [0.05, 0.1) is 6.54 Å². The van der Waals surface area contributed by atoms with Crippen molar-refractivity contribution in [2.24, 2.45) is 5.92 Å². The minimum Gasteiger partial charge on any atom is -0.320 e. The lowest BCUT2D eigenvalue weighted by atomic mass is 10.0. The standard InChI is InChI=1S/C16H19ClN4OS/c1-11-3-2-8-21(9-11)10-14-19-20-16(23-14)15(22)18-13-6-4-12(17)5-7-13/h4-7,11H,2-3,8-10H2,1H3,(H,18,22). The lowest BCUT2D eigenvalue weighted by Crippen LogP contribution is -2.33. The minimum absolute atomic E-state index is 0.233. The maximum absolute atomic E-state index is 12.2. The zero-order valence-corrected chi connectivity index (χ0v) is 14.5. The van der Waals surface area contributed by atoms with Crippen molar-refractivity contribution in [2.45, 2.75) is 26.3 Å². The van der Waals surface area contributed by atoms with Gasteiger partial charge in [-0.2, -0.15) is 0 Å². The van der Waals surface area contributed by atoms with Crippen LogP contribution in [0.1, 0.15) is 34.6 Å². The number of benzene rings is 1. The summed E-state index contributed by atoms with van der Waals surface area (Å²) in [4.78, 5) is 14.6. The summed E-state index contributed by atoms with van der Waals surface area (Å²) >= 11 is 7.19. The highest BCUT2D eigenvalue weighted by Crippen LogP contribution is 2.20. The number of rotatable bonds is 4. The number of nitrogens with one attached hydrogen (secondary N) is 1. The van der Waals surface area contributed by atoms with Crippen molar-refractivity contribution in [3.8, 4) is 0 Å². The number of likely N-dealkylation sites (tertiary alicyclic amines) is 1. The summed E-state index contributed by atoms with van der Waals surface area (Å²) in [6.07, 6.45) is 2.52. The summed E-state index contributed by atoms with van der Waals surface area (Å²) in [5.41, 5.74) is 0.695. The van der Waals surface area contributed by atoms with Gasteiger partial charge in [-0.3, -0.25) is 9.69 Å². The lowest BCUT2D eigenvalue weighted by Gasteiger charge is -2.29. The minimum atomic E-state index is -0.233. The summed E-state index contributed by atoms with van der Waals surface area (Å²) in [5, 5.41) is 12.9. The second-order valence-corrected chi connectivity index (χ2v) is 7.44. The van der Waals surface area contributed by atoms with Crippen molar-refractivity contribution in [1.29, 1.82) is 0 Å². The Bertz CT molecular complexity index is 673. The molecule has 1 aliphatic heterocycles. The molecule has 0 spiro atoms. The number of aromatic nitrogens is 2. The van der Waals surface area contributed by atoms with Gasteiger partial charge in [-0.25, -0.2) is 0 Å². The molecule has 1 unspecified atom stereocenters. The third-order valence-corrected chi connectivity index (χ3v) is 5.02. The van der Waals surface area contributed by atoms with E-state index in [0.29, 0.717) is 15.7 Å². The first-order valence-electron chi connectivity index (χ1n) is 7.72. The molecule has 1 aromatic carbocycles. The number of carbonyl (C=O) groups excluding carboxylic acids is 1. The molecule has 1 saturated heterocycles. The van der Waals surface area contributed by atoms with Crippen LogP contribution in [0.2, 0.25) is 5.02 Å². The average Bonchev–Trinajstić information content (AvgIpc) is 2.98. The van der Waals surface area contributed by atoms with Crippen LogP contribution in [-0.2, 0) is 6.54 Å². The van der Waals surface area contributed by atoms with Crippen LogP contribution in [0.3, 0.4) is 0 Å². The highest BCUT2D eigenvalue weighted by Gasteiger charge is 2.19. The molecule has 5 nitrogen and oxygen atoms in total. The molecule has 1 amide bonds. The number of piperidine rings is 1. The molecule has 122 valence electrons. The Morgan fingerprint density at radius 2 is 2.17 bits per heavy atom. The third kappa shape index (κ3) is 4.50. The fourth-order valence-electron chi connectivity index (χ4n) is 2.75. The van der Waals surface area contributed by atoms with E-state index in [4.69, 9.17) is 11.6 Å². The summed E-state index contributed by atoms with van der Waals surface area (Å²) in [6.45, 7) is 5.23. The normalized spacial score (nSPS) is 18.8. The number of anilines is 1. The van der Waals surface area contributed by atoms with Gasteiger partial charge in [0, 0.05) is 17.3 Å². The zero-order valence-electron chi connectivity index (χ0n) is 13.0. The molecule has 1 fully saturated rings. The number of hydrogen-bond acceptors (Lipinski definition) is 5. The van der Waals surface area contributed by atoms with Gasteiger partial charge in [0.15, 0.2) is 0 Å². The van der Waals surface area contributed by atoms with Crippen LogP contribution >= 0.6 is 22.9 Å². The van der Waals surface area contributed by atoms with E-state index in [0.717, 1.165) is 30.6 Å². The van der Waals surface area contributed by atoms with E-state index < -0.39 is 0 Å². The highest BCUT2D eigenvalue weighted by atomic mass is 35.5. The van der Waals surface area contributed by atoms with E-state index in [-0.39, 0.29) is 5.91 Å². The Balaban J connectivity index is 1.59. The van der Waals surface area contributed by atoms with Crippen LogP contribution in [0.15, 0.2) is 24.3 Å². The molecule has 3 rings (SSSR count). The molecule has 0 bridgehead atoms. The number of halogens is 1. The number of hydrogen-bond donors (Lipinski definition) is 1. The molecule has 2 heterocycles. The molecular formula is C16H19ClN4OS. The van der Waals surface area contributed by atoms with Gasteiger partial charge >= 0.3 is 0 Å². The first-order valence-corrected chi connectivity index (χ1v) is 8.91. The lowest BCUT2D eigenvalue weighted by molar-refractivity contribution is 0.102. The van der Waals surface area contributed by atoms with Crippen molar-refractivity contribution in [1.82, 2.24) is 15.1 Å². The van der Waals surface area contributed by atoms with E-state index in [1.54, 1.807) is 24.3 Å². The number of carbonyl (C=O) groups is 1. The number of nitrogens with zero attached hydrogens (tertiary/aromatic N) is 3. The van der Waals surface area contributed by atoms with E-state index >= 15 is 0 Å². The molecule has 1 atom stereocenters. The Morgan fingerprint density at radius 3 is 2.91 bits per heavy atom. The van der Waals surface area contributed by atoms with Gasteiger partial charge in [-0.15, -0.1) is 10.2 Å². The molecule has 0 saturated carbocycles. The quantitative estimate of drug-likeness (QED) is 0.913. The van der Waals surface area contributed by atoms with Crippen molar-refractivity contribution in [3.63, 3.8) is 0 Å². The maximum atomic E-state index is 12.2. The Hall–Kier alpha value is -1.50. The second-order valence-electron chi connectivity index (χ2n) is 5.94. The van der Waals surface area contributed by atoms with Crippen LogP contribution in [0.4, 0.5) is 5.69 Å². The second kappa shape index (κ2) is 7.38. The Kier molecular flexibility index (Phi) is 5.25. The largest absolute Gasteiger partial charge is 0.320 e. The monoisotopic (exact) mass is 350 g/mol. The average molecular weight is 351 g/mol. The molecule has 7 heteroatoms. The molecule has 23 heavy (non-hydrogen) atoms. The van der Waals surface area contributed by atoms with Gasteiger partial charge in [0.25, 0.3) is 5.91 Å². The fraction of sp³-hybridized carbons (Fsp3) is 0.438. The van der Waals surface area contributed by atoms with E-state index in [9.17, 15) is 4.79 Å². The van der Waals surface area contributed by atoms with E-state index in [1.165, 1.54) is 24.2 Å². The predicted molar refractivity (Wildman–Crippen MR) is 93.0 cm³/mol. The van der Waals surface area contributed by atoms with Gasteiger partial charge in [0.1, 0.15) is 5.01 Å². The van der Waals surface area contributed by atoms with Crippen molar-refractivity contribution in [2.75, 3.05) is 18.4 Å². The smallest absolute Gasteiger partial charge is 0.286 e. The molecule has 1 aliphatic rings. The van der Waals surface area contributed by atoms with Gasteiger partial charge in [-0.1, -0.05) is 29.9 Å². The zero-order chi connectivity index (χ0) is 16.2. The molecular weight excluding hydrogens is 332 g/mol. The summed E-state index contributed by atoms with van der Waals surface area (Å²) in [6, 6.07) is 7.00. The van der Waals surface area contributed by atoms with Crippen molar-refractivity contribution in [3.05, 3.63) is 39.3 Å². The summed E-state index contributed by atoms with van der Waals surface area (Å²) in [7, 11) is 0. The van der Waals surface area contributed by atoms with Gasteiger partial charge in [-0.05, 0) is 49.6 Å². The van der Waals surface area contributed by atoms with Crippen molar-refractivity contribution >= 4 is 34.5 Å². The Morgan fingerprint density at radius 1 is 1.39 bits per heavy atom.